The van der Waals surface area contributed by atoms with Crippen LogP contribution in [0.5, 0.6) is 0 Å². The van der Waals surface area contributed by atoms with E-state index in [0.29, 0.717) is 24.7 Å². The van der Waals surface area contributed by atoms with Crippen LogP contribution in [0.4, 0.5) is 10.6 Å². The molecule has 0 saturated carbocycles. The van der Waals surface area contributed by atoms with E-state index in [1.165, 1.54) is 0 Å². The van der Waals surface area contributed by atoms with Crippen LogP contribution < -0.4 is 10.2 Å². The van der Waals surface area contributed by atoms with Crippen LogP contribution in [0, 0.1) is 0 Å². The molecule has 9 heteroatoms. The number of hydrogen-bond donors (Lipinski definition) is 1. The second kappa shape index (κ2) is 11.7. The summed E-state index contributed by atoms with van der Waals surface area (Å²) >= 11 is 6.29. The van der Waals surface area contributed by atoms with Gasteiger partial charge in [0.05, 0.1) is 10.7 Å². The minimum absolute atomic E-state index is 0.0308. The number of nitrogens with zero attached hydrogens (tertiary/aromatic N) is 5. The summed E-state index contributed by atoms with van der Waals surface area (Å²) in [6, 6.07) is 11.2. The number of urea groups is 1. The Kier molecular flexibility index (Phi) is 8.94. The van der Waals surface area contributed by atoms with Crippen molar-refractivity contribution < 1.29 is 9.59 Å². The van der Waals surface area contributed by atoms with Gasteiger partial charge in [0.15, 0.2) is 5.82 Å². The maximum Gasteiger partial charge on any atom is 0.318 e. The van der Waals surface area contributed by atoms with E-state index in [9.17, 15) is 9.59 Å². The summed E-state index contributed by atoms with van der Waals surface area (Å²) in [6.07, 6.45) is 1.60. The van der Waals surface area contributed by atoms with Crippen molar-refractivity contribution in [2.45, 2.75) is 59.0 Å². The van der Waals surface area contributed by atoms with E-state index in [1.807, 2.05) is 75.9 Å². The zero-order valence-corrected chi connectivity index (χ0v) is 22.2. The molecule has 0 radical (unpaired) electrons. The van der Waals surface area contributed by atoms with Crippen molar-refractivity contribution >= 4 is 29.4 Å². The van der Waals surface area contributed by atoms with Crippen molar-refractivity contribution in [2.75, 3.05) is 37.6 Å². The molecule has 1 N–H and O–H groups in total. The first-order valence-electron chi connectivity index (χ1n) is 12.3. The van der Waals surface area contributed by atoms with Crippen LogP contribution >= 0.6 is 11.6 Å². The molecule has 1 saturated heterocycles. The van der Waals surface area contributed by atoms with E-state index in [0.717, 1.165) is 36.5 Å². The van der Waals surface area contributed by atoms with Gasteiger partial charge in [0.1, 0.15) is 6.54 Å². The highest BCUT2D eigenvalue weighted by Crippen LogP contribution is 2.26. The average molecular weight is 501 g/mol. The quantitative estimate of drug-likeness (QED) is 0.634. The molecule has 1 aliphatic rings. The first kappa shape index (κ1) is 26.7. The molecule has 0 aliphatic carbocycles. The number of benzene rings is 1. The van der Waals surface area contributed by atoms with Crippen LogP contribution in [0.3, 0.4) is 0 Å². The Morgan fingerprint density at radius 1 is 1.09 bits per heavy atom. The maximum absolute atomic E-state index is 13.2. The minimum Gasteiger partial charge on any atom is -0.353 e. The third kappa shape index (κ3) is 7.31. The second-order valence-electron chi connectivity index (χ2n) is 10.0. The SMILES string of the molecule is CCC(C)N(CC(=O)N1CCCN(c2ccc(-c3ccccc3Cl)nn2)CC1)C(=O)NC(C)(C)C. The number of halogens is 1. The van der Waals surface area contributed by atoms with Crippen molar-refractivity contribution in [1.29, 1.82) is 0 Å². The number of carbonyl (C=O) groups excluding carboxylic acids is 2. The van der Waals surface area contributed by atoms with Crippen molar-refractivity contribution in [3.63, 3.8) is 0 Å². The Labute approximate surface area is 213 Å². The van der Waals surface area contributed by atoms with Crippen molar-refractivity contribution in [3.8, 4) is 11.3 Å². The molecule has 1 aromatic carbocycles. The van der Waals surface area contributed by atoms with E-state index < -0.39 is 0 Å². The smallest absolute Gasteiger partial charge is 0.318 e. The summed E-state index contributed by atoms with van der Waals surface area (Å²) in [6.45, 7) is 12.5. The standard InChI is InChI=1S/C26H37ClN6O2/c1-6-19(2)33(25(35)28-26(3,4)5)18-24(34)32-15-9-14-31(16-17-32)23-13-12-22(29-30-23)20-10-7-8-11-21(20)27/h7-8,10-13,19H,6,9,14-18H2,1-5H3,(H,28,35). The first-order valence-corrected chi connectivity index (χ1v) is 12.7. The molecule has 2 heterocycles. The molecule has 1 aromatic heterocycles. The third-order valence-corrected chi connectivity index (χ3v) is 6.47. The number of amides is 3. The Morgan fingerprint density at radius 3 is 2.46 bits per heavy atom. The summed E-state index contributed by atoms with van der Waals surface area (Å²) in [5.41, 5.74) is 1.21. The molecule has 0 bridgehead atoms. The van der Waals surface area contributed by atoms with E-state index >= 15 is 0 Å². The molecular weight excluding hydrogens is 464 g/mol. The summed E-state index contributed by atoms with van der Waals surface area (Å²) in [5.74, 6) is 0.747. The Balaban J connectivity index is 1.63. The fraction of sp³-hybridized carbons (Fsp3) is 0.538. The molecule has 1 aliphatic heterocycles. The normalized spacial score (nSPS) is 15.4. The fourth-order valence-corrected chi connectivity index (χ4v) is 4.22. The summed E-state index contributed by atoms with van der Waals surface area (Å²) in [5, 5.41) is 12.4. The van der Waals surface area contributed by atoms with Gasteiger partial charge in [-0.25, -0.2) is 4.79 Å². The largest absolute Gasteiger partial charge is 0.353 e. The van der Waals surface area contributed by atoms with Gasteiger partial charge >= 0.3 is 6.03 Å². The molecule has 1 unspecified atom stereocenters. The molecule has 0 spiro atoms. The molecule has 8 nitrogen and oxygen atoms in total. The van der Waals surface area contributed by atoms with Crippen LogP contribution in [0.1, 0.15) is 47.5 Å². The summed E-state index contributed by atoms with van der Waals surface area (Å²) in [7, 11) is 0. The highest BCUT2D eigenvalue weighted by molar-refractivity contribution is 6.33. The zero-order chi connectivity index (χ0) is 25.6. The zero-order valence-electron chi connectivity index (χ0n) is 21.4. The number of carbonyl (C=O) groups is 2. The van der Waals surface area contributed by atoms with Crippen LogP contribution in [0.2, 0.25) is 5.02 Å². The van der Waals surface area contributed by atoms with E-state index in [-0.39, 0.29) is 30.1 Å². The molecular formula is C26H37ClN6O2. The number of nitrogens with one attached hydrogen (secondary N) is 1. The molecule has 3 rings (SSSR count). The van der Waals surface area contributed by atoms with Crippen molar-refractivity contribution in [2.24, 2.45) is 0 Å². The molecule has 1 fully saturated rings. The van der Waals surface area contributed by atoms with Crippen LogP contribution in [0.25, 0.3) is 11.3 Å². The summed E-state index contributed by atoms with van der Waals surface area (Å²) < 4.78 is 0. The van der Waals surface area contributed by atoms with Gasteiger partial charge in [-0.2, -0.15) is 0 Å². The highest BCUT2D eigenvalue weighted by Gasteiger charge is 2.28. The lowest BCUT2D eigenvalue weighted by molar-refractivity contribution is -0.132. The fourth-order valence-electron chi connectivity index (χ4n) is 3.99. The Morgan fingerprint density at radius 2 is 1.83 bits per heavy atom. The lowest BCUT2D eigenvalue weighted by Crippen LogP contribution is -2.54. The average Bonchev–Trinajstić information content (AvgIpc) is 3.08. The lowest BCUT2D eigenvalue weighted by atomic mass is 10.1. The van der Waals surface area contributed by atoms with Gasteiger partial charge in [0, 0.05) is 43.3 Å². The molecule has 1 atom stereocenters. The predicted octanol–water partition coefficient (Wildman–Crippen LogP) is 4.44. The Hall–Kier alpha value is -2.87. The lowest BCUT2D eigenvalue weighted by Gasteiger charge is -2.33. The number of anilines is 1. The third-order valence-electron chi connectivity index (χ3n) is 6.14. The van der Waals surface area contributed by atoms with E-state index in [4.69, 9.17) is 11.6 Å². The maximum atomic E-state index is 13.2. The van der Waals surface area contributed by atoms with Crippen molar-refractivity contribution in [1.82, 2.24) is 25.3 Å². The van der Waals surface area contributed by atoms with Gasteiger partial charge in [-0.15, -0.1) is 10.2 Å². The van der Waals surface area contributed by atoms with Crippen molar-refractivity contribution in [3.05, 3.63) is 41.4 Å². The van der Waals surface area contributed by atoms with Gasteiger partial charge in [0.2, 0.25) is 5.91 Å². The molecule has 3 amide bonds. The topological polar surface area (TPSA) is 81.7 Å². The van der Waals surface area contributed by atoms with E-state index in [2.05, 4.69) is 20.4 Å². The first-order chi connectivity index (χ1) is 16.6. The Bertz CT molecular complexity index is 1010. The number of rotatable bonds is 6. The second-order valence-corrected chi connectivity index (χ2v) is 10.5. The van der Waals surface area contributed by atoms with Gasteiger partial charge in [-0.1, -0.05) is 36.7 Å². The molecule has 190 valence electrons. The van der Waals surface area contributed by atoms with E-state index in [1.54, 1.807) is 4.90 Å². The van der Waals surface area contributed by atoms with Crippen LogP contribution in [-0.2, 0) is 4.79 Å². The molecule has 35 heavy (non-hydrogen) atoms. The number of hydrogen-bond acceptors (Lipinski definition) is 5. The number of aromatic nitrogens is 2. The van der Waals surface area contributed by atoms with Gasteiger partial charge in [0.25, 0.3) is 0 Å². The van der Waals surface area contributed by atoms with Gasteiger partial charge in [-0.3, -0.25) is 4.79 Å². The monoisotopic (exact) mass is 500 g/mol. The minimum atomic E-state index is -0.364. The predicted molar refractivity (Wildman–Crippen MR) is 141 cm³/mol. The van der Waals surface area contributed by atoms with Crippen LogP contribution in [-0.4, -0.2) is 76.2 Å². The van der Waals surface area contributed by atoms with Gasteiger partial charge in [-0.05, 0) is 58.7 Å². The molecule has 2 aromatic rings. The summed E-state index contributed by atoms with van der Waals surface area (Å²) in [4.78, 5) is 31.7. The highest BCUT2D eigenvalue weighted by atomic mass is 35.5. The van der Waals surface area contributed by atoms with Gasteiger partial charge < -0.3 is 20.0 Å². The van der Waals surface area contributed by atoms with Crippen LogP contribution in [0.15, 0.2) is 36.4 Å².